The minimum Gasteiger partial charge on any atom is -0.504 e. The predicted octanol–water partition coefficient (Wildman–Crippen LogP) is 4.69. The molecule has 1 aliphatic carbocycles. The molecule has 0 bridgehead atoms. The second kappa shape index (κ2) is 5.49. The number of phosphoric acid groups is 1. The number of phosphoric ester groups is 1. The smallest absolute Gasteiger partial charge is 0.504 e. The van der Waals surface area contributed by atoms with Gasteiger partial charge >= 0.3 is 7.82 Å². The molecule has 0 saturated heterocycles. The number of aromatic hydroxyl groups is 1. The summed E-state index contributed by atoms with van der Waals surface area (Å²) in [6.45, 7) is 6.06. The van der Waals surface area contributed by atoms with E-state index in [9.17, 15) is 19.5 Å². The Hall–Kier alpha value is -2.01. The number of fused-ring (bicyclic) bond motifs is 5. The normalized spacial score (nSPS) is 16.8. The van der Waals surface area contributed by atoms with E-state index in [1.54, 1.807) is 6.92 Å². The molecule has 7 heteroatoms. The number of hydrogen-bond acceptors (Lipinski definition) is 4. The quantitative estimate of drug-likeness (QED) is 0.561. The molecule has 3 N–H and O–H groups in total. The minimum absolute atomic E-state index is 0.0647. The topological polar surface area (TPSA) is 100 Å². The zero-order chi connectivity index (χ0) is 18.9. The highest BCUT2D eigenvalue weighted by molar-refractivity contribution is 7.46. The van der Waals surface area contributed by atoms with Crippen molar-refractivity contribution in [3.8, 4) is 11.5 Å². The Balaban J connectivity index is 2.21. The van der Waals surface area contributed by atoms with Gasteiger partial charge in [0.2, 0.25) is 0 Å². The maximum Gasteiger partial charge on any atom is 0.524 e. The van der Waals surface area contributed by atoms with Gasteiger partial charge in [0.25, 0.3) is 0 Å². The van der Waals surface area contributed by atoms with Crippen LogP contribution in [0, 0.1) is 6.92 Å². The summed E-state index contributed by atoms with van der Waals surface area (Å²) in [6, 6.07) is 3.94. The summed E-state index contributed by atoms with van der Waals surface area (Å²) in [7, 11) is -4.85. The van der Waals surface area contributed by atoms with Gasteiger partial charge in [-0.3, -0.25) is 9.79 Å². The third-order valence-corrected chi connectivity index (χ3v) is 5.80. The number of furan rings is 1. The zero-order valence-electron chi connectivity index (χ0n) is 14.9. The fourth-order valence-corrected chi connectivity index (χ4v) is 4.62. The van der Waals surface area contributed by atoms with Crippen molar-refractivity contribution in [3.63, 3.8) is 0 Å². The van der Waals surface area contributed by atoms with E-state index in [-0.39, 0.29) is 16.9 Å². The van der Waals surface area contributed by atoms with Gasteiger partial charge in [0.05, 0.1) is 11.6 Å². The molecule has 0 amide bonds. The lowest BCUT2D eigenvalue weighted by atomic mass is 9.71. The highest BCUT2D eigenvalue weighted by Gasteiger charge is 2.33. The minimum atomic E-state index is -4.85. The van der Waals surface area contributed by atoms with Crippen LogP contribution in [0.3, 0.4) is 0 Å². The fraction of sp³-hybridized carbons (Fsp3) is 0.368. The summed E-state index contributed by atoms with van der Waals surface area (Å²) >= 11 is 0. The number of rotatable bonds is 2. The highest BCUT2D eigenvalue weighted by atomic mass is 31.2. The van der Waals surface area contributed by atoms with Crippen LogP contribution in [-0.2, 0) is 16.4 Å². The third kappa shape index (κ3) is 2.52. The van der Waals surface area contributed by atoms with Crippen molar-refractivity contribution in [1.29, 1.82) is 0 Å². The summed E-state index contributed by atoms with van der Waals surface area (Å²) in [5.41, 5.74) is 3.17. The molecule has 2 aromatic carbocycles. The largest absolute Gasteiger partial charge is 0.524 e. The van der Waals surface area contributed by atoms with Gasteiger partial charge in [-0.05, 0) is 48.3 Å². The number of hydrogen-bond donors (Lipinski definition) is 3. The molecule has 1 heterocycles. The highest BCUT2D eigenvalue weighted by Crippen LogP contribution is 2.53. The van der Waals surface area contributed by atoms with Crippen LogP contribution in [0.15, 0.2) is 22.8 Å². The van der Waals surface area contributed by atoms with Crippen molar-refractivity contribution in [3.05, 3.63) is 35.1 Å². The first-order chi connectivity index (χ1) is 12.1. The maximum atomic E-state index is 11.6. The molecule has 0 aliphatic heterocycles. The summed E-state index contributed by atoms with van der Waals surface area (Å²) in [4.78, 5) is 18.8. The van der Waals surface area contributed by atoms with Gasteiger partial charge in [-0.1, -0.05) is 26.0 Å². The Kier molecular flexibility index (Phi) is 3.68. The Morgan fingerprint density at radius 3 is 2.65 bits per heavy atom. The van der Waals surface area contributed by atoms with Crippen molar-refractivity contribution in [1.82, 2.24) is 0 Å². The van der Waals surface area contributed by atoms with Gasteiger partial charge in [-0.15, -0.1) is 0 Å². The number of aryl methyl sites for hydroxylation is 2. The molecule has 1 aromatic heterocycles. The van der Waals surface area contributed by atoms with Crippen LogP contribution in [0.1, 0.15) is 43.4 Å². The van der Waals surface area contributed by atoms with Crippen LogP contribution >= 0.6 is 7.82 Å². The molecule has 0 saturated carbocycles. The Morgan fingerprint density at radius 1 is 1.23 bits per heavy atom. The number of benzene rings is 2. The Morgan fingerprint density at radius 2 is 1.96 bits per heavy atom. The van der Waals surface area contributed by atoms with Crippen LogP contribution in [0.4, 0.5) is 0 Å². The van der Waals surface area contributed by atoms with Gasteiger partial charge < -0.3 is 14.0 Å². The number of phenolic OH excluding ortho intramolecular Hbond substituents is 1. The molecule has 26 heavy (non-hydrogen) atoms. The van der Waals surface area contributed by atoms with Crippen LogP contribution in [0.2, 0.25) is 0 Å². The zero-order valence-corrected chi connectivity index (χ0v) is 15.8. The van der Waals surface area contributed by atoms with E-state index in [4.69, 9.17) is 8.94 Å². The Bertz CT molecular complexity index is 1090. The maximum absolute atomic E-state index is 11.6. The summed E-state index contributed by atoms with van der Waals surface area (Å²) in [5.74, 6) is -0.460. The van der Waals surface area contributed by atoms with E-state index >= 15 is 0 Å². The molecular weight excluding hydrogens is 355 g/mol. The van der Waals surface area contributed by atoms with Crippen molar-refractivity contribution in [2.24, 2.45) is 0 Å². The van der Waals surface area contributed by atoms with Crippen molar-refractivity contribution >= 4 is 29.6 Å². The third-order valence-electron chi connectivity index (χ3n) is 5.38. The molecule has 0 spiro atoms. The molecule has 6 nitrogen and oxygen atoms in total. The van der Waals surface area contributed by atoms with Gasteiger partial charge in [0, 0.05) is 10.8 Å². The van der Waals surface area contributed by atoms with Gasteiger partial charge in [0.15, 0.2) is 11.5 Å². The monoisotopic (exact) mass is 376 g/mol. The second-order valence-corrected chi connectivity index (χ2v) is 8.80. The summed E-state index contributed by atoms with van der Waals surface area (Å²) < 4.78 is 22.2. The Labute approximate surface area is 150 Å². The van der Waals surface area contributed by atoms with Crippen LogP contribution in [0.25, 0.3) is 21.7 Å². The van der Waals surface area contributed by atoms with E-state index in [0.717, 1.165) is 30.4 Å². The fourth-order valence-electron chi connectivity index (χ4n) is 4.21. The molecule has 0 fully saturated rings. The van der Waals surface area contributed by atoms with Gasteiger partial charge in [0.1, 0.15) is 5.58 Å². The van der Waals surface area contributed by atoms with E-state index in [1.807, 2.05) is 12.1 Å². The first kappa shape index (κ1) is 17.4. The van der Waals surface area contributed by atoms with E-state index in [1.165, 1.54) is 6.26 Å². The SMILES string of the molecule is Cc1coc2c1c(O)c(OP(=O)(O)O)c1c3c(ccc12)C(C)(C)CCC3. The first-order valence-electron chi connectivity index (χ1n) is 8.54. The standard InChI is InChI=1S/C19H21O6P/c1-10-9-24-17-12-6-7-13-11(5-4-8-19(13,2)3)15(12)18(16(20)14(10)17)25-26(21,22)23/h6-7,9,20H,4-5,8H2,1-3H3,(H2,21,22,23). The molecule has 3 aromatic rings. The second-order valence-electron chi connectivity index (χ2n) is 7.63. The summed E-state index contributed by atoms with van der Waals surface area (Å²) in [5, 5.41) is 12.4. The molecule has 0 unspecified atom stereocenters. The van der Waals surface area contributed by atoms with E-state index in [2.05, 4.69) is 13.8 Å². The molecule has 0 atom stereocenters. The molecule has 4 rings (SSSR count). The molecule has 1 aliphatic rings. The van der Waals surface area contributed by atoms with Crippen molar-refractivity contribution < 1.29 is 28.4 Å². The van der Waals surface area contributed by atoms with E-state index < -0.39 is 7.82 Å². The van der Waals surface area contributed by atoms with Crippen molar-refractivity contribution in [2.45, 2.75) is 45.4 Å². The molecular formula is C19H21O6P. The van der Waals surface area contributed by atoms with Crippen molar-refractivity contribution in [2.75, 3.05) is 0 Å². The van der Waals surface area contributed by atoms with Crippen LogP contribution < -0.4 is 4.52 Å². The summed E-state index contributed by atoms with van der Waals surface area (Å²) in [6.07, 6.45) is 4.24. The van der Waals surface area contributed by atoms with Crippen LogP contribution in [0.5, 0.6) is 11.5 Å². The number of phenols is 1. The van der Waals surface area contributed by atoms with E-state index in [0.29, 0.717) is 27.3 Å². The van der Waals surface area contributed by atoms with Gasteiger partial charge in [-0.2, -0.15) is 0 Å². The lowest BCUT2D eigenvalue weighted by Crippen LogP contribution is -2.24. The van der Waals surface area contributed by atoms with Gasteiger partial charge in [-0.25, -0.2) is 4.57 Å². The van der Waals surface area contributed by atoms with Crippen LogP contribution in [-0.4, -0.2) is 14.9 Å². The molecule has 138 valence electrons. The first-order valence-corrected chi connectivity index (χ1v) is 10.1. The average Bonchev–Trinajstić information content (AvgIpc) is 2.91. The molecule has 0 radical (unpaired) electrons. The average molecular weight is 376 g/mol. The predicted molar refractivity (Wildman–Crippen MR) is 98.8 cm³/mol. The lowest BCUT2D eigenvalue weighted by Gasteiger charge is -2.33. The lowest BCUT2D eigenvalue weighted by molar-refractivity contribution is 0.279.